The van der Waals surface area contributed by atoms with E-state index in [0.29, 0.717) is 13.2 Å². The van der Waals surface area contributed by atoms with Crippen molar-refractivity contribution in [2.24, 2.45) is 0 Å². The Morgan fingerprint density at radius 1 is 1.22 bits per heavy atom. The molecule has 0 aliphatic heterocycles. The zero-order valence-corrected chi connectivity index (χ0v) is 13.0. The van der Waals surface area contributed by atoms with Crippen LogP contribution in [0.2, 0.25) is 0 Å². The number of nitrogens with one attached hydrogen (secondary N) is 1. The highest BCUT2D eigenvalue weighted by atomic mass is 19.1. The van der Waals surface area contributed by atoms with E-state index < -0.39 is 17.7 Å². The van der Waals surface area contributed by atoms with E-state index in [4.69, 9.17) is 9.84 Å². The SMILES string of the molecule is O=C(O)c1ccc(C(=O)NCCOC2CCCCCC2)c(F)c1. The first-order valence-electron chi connectivity index (χ1n) is 8.00. The van der Waals surface area contributed by atoms with E-state index in [9.17, 15) is 14.0 Å². The molecule has 1 aliphatic carbocycles. The first kappa shape index (κ1) is 17.4. The molecule has 1 saturated carbocycles. The quantitative estimate of drug-likeness (QED) is 0.623. The normalized spacial score (nSPS) is 15.9. The lowest BCUT2D eigenvalue weighted by molar-refractivity contribution is 0.0441. The van der Waals surface area contributed by atoms with E-state index in [2.05, 4.69) is 5.32 Å². The van der Waals surface area contributed by atoms with Gasteiger partial charge in [0.05, 0.1) is 23.8 Å². The maximum Gasteiger partial charge on any atom is 0.335 e. The fourth-order valence-electron chi connectivity index (χ4n) is 2.73. The number of hydrogen-bond acceptors (Lipinski definition) is 3. The van der Waals surface area contributed by atoms with E-state index in [0.717, 1.165) is 18.9 Å². The number of amides is 1. The van der Waals surface area contributed by atoms with Crippen LogP contribution in [0.15, 0.2) is 18.2 Å². The van der Waals surface area contributed by atoms with Gasteiger partial charge in [-0.05, 0) is 31.0 Å². The van der Waals surface area contributed by atoms with Crippen molar-refractivity contribution in [3.63, 3.8) is 0 Å². The van der Waals surface area contributed by atoms with Crippen molar-refractivity contribution in [3.05, 3.63) is 35.1 Å². The Labute approximate surface area is 134 Å². The Bertz CT molecular complexity index is 554. The van der Waals surface area contributed by atoms with Crippen LogP contribution in [0.3, 0.4) is 0 Å². The second kappa shape index (κ2) is 8.62. The maximum absolute atomic E-state index is 13.8. The van der Waals surface area contributed by atoms with Gasteiger partial charge in [-0.1, -0.05) is 25.7 Å². The van der Waals surface area contributed by atoms with Crippen molar-refractivity contribution in [1.82, 2.24) is 5.32 Å². The predicted octanol–water partition coefficient (Wildman–Crippen LogP) is 2.99. The van der Waals surface area contributed by atoms with Gasteiger partial charge in [-0.2, -0.15) is 0 Å². The average molecular weight is 323 g/mol. The third-order valence-electron chi connectivity index (χ3n) is 4.00. The fourth-order valence-corrected chi connectivity index (χ4v) is 2.73. The summed E-state index contributed by atoms with van der Waals surface area (Å²) in [5.41, 5.74) is -0.347. The van der Waals surface area contributed by atoms with Crippen molar-refractivity contribution in [3.8, 4) is 0 Å². The van der Waals surface area contributed by atoms with Gasteiger partial charge in [-0.3, -0.25) is 4.79 Å². The highest BCUT2D eigenvalue weighted by Crippen LogP contribution is 2.19. The number of rotatable bonds is 6. The number of carbonyl (C=O) groups excluding carboxylic acids is 1. The minimum absolute atomic E-state index is 0.163. The number of halogens is 1. The smallest absolute Gasteiger partial charge is 0.335 e. The Hall–Kier alpha value is -1.95. The Balaban J connectivity index is 1.77. The number of carboxylic acids is 1. The molecule has 0 heterocycles. The van der Waals surface area contributed by atoms with Gasteiger partial charge in [-0.15, -0.1) is 0 Å². The maximum atomic E-state index is 13.8. The summed E-state index contributed by atoms with van der Waals surface area (Å²) in [5.74, 6) is -2.64. The largest absolute Gasteiger partial charge is 0.478 e. The van der Waals surface area contributed by atoms with Crippen LogP contribution in [0.4, 0.5) is 4.39 Å². The van der Waals surface area contributed by atoms with Gasteiger partial charge in [0, 0.05) is 6.54 Å². The van der Waals surface area contributed by atoms with Crippen LogP contribution in [0.25, 0.3) is 0 Å². The third kappa shape index (κ3) is 5.32. The summed E-state index contributed by atoms with van der Waals surface area (Å²) >= 11 is 0. The van der Waals surface area contributed by atoms with Crippen LogP contribution in [0.5, 0.6) is 0 Å². The van der Waals surface area contributed by atoms with Crippen LogP contribution in [0, 0.1) is 5.82 Å². The van der Waals surface area contributed by atoms with Crippen molar-refractivity contribution in [2.75, 3.05) is 13.2 Å². The highest BCUT2D eigenvalue weighted by Gasteiger charge is 2.15. The summed E-state index contributed by atoms with van der Waals surface area (Å²) in [7, 11) is 0. The molecule has 0 unspecified atom stereocenters. The van der Waals surface area contributed by atoms with E-state index >= 15 is 0 Å². The summed E-state index contributed by atoms with van der Waals surface area (Å²) in [4.78, 5) is 22.6. The van der Waals surface area contributed by atoms with Crippen LogP contribution in [-0.4, -0.2) is 36.2 Å². The molecular formula is C17H22FNO4. The lowest BCUT2D eigenvalue weighted by Gasteiger charge is -2.15. The third-order valence-corrected chi connectivity index (χ3v) is 4.00. The summed E-state index contributed by atoms with van der Waals surface area (Å²) < 4.78 is 19.5. The van der Waals surface area contributed by atoms with Crippen LogP contribution in [0.1, 0.15) is 59.2 Å². The van der Waals surface area contributed by atoms with E-state index in [1.54, 1.807) is 0 Å². The molecule has 2 rings (SSSR count). The van der Waals surface area contributed by atoms with Crippen molar-refractivity contribution < 1.29 is 23.8 Å². The van der Waals surface area contributed by atoms with Gasteiger partial charge in [0.15, 0.2) is 0 Å². The number of aromatic carboxylic acids is 1. The second-order valence-electron chi connectivity index (χ2n) is 5.74. The molecular weight excluding hydrogens is 301 g/mol. The standard InChI is InChI=1S/C17H22FNO4/c18-15-11-12(17(21)22)7-8-14(15)16(20)19-9-10-23-13-5-3-1-2-4-6-13/h7-8,11,13H,1-6,9-10H2,(H,19,20)(H,21,22). The molecule has 1 aromatic carbocycles. The molecule has 6 heteroatoms. The predicted molar refractivity (Wildman–Crippen MR) is 83.1 cm³/mol. The number of benzene rings is 1. The molecule has 1 fully saturated rings. The minimum atomic E-state index is -1.23. The lowest BCUT2D eigenvalue weighted by atomic mass is 10.1. The molecule has 5 nitrogen and oxygen atoms in total. The zero-order valence-electron chi connectivity index (χ0n) is 13.0. The molecule has 0 aromatic heterocycles. The van der Waals surface area contributed by atoms with E-state index in [1.807, 2.05) is 0 Å². The molecule has 0 spiro atoms. The number of carbonyl (C=O) groups is 2. The first-order chi connectivity index (χ1) is 11.1. The van der Waals surface area contributed by atoms with E-state index in [-0.39, 0.29) is 17.2 Å². The lowest BCUT2D eigenvalue weighted by Crippen LogP contribution is -2.29. The van der Waals surface area contributed by atoms with Crippen molar-refractivity contribution >= 4 is 11.9 Å². The van der Waals surface area contributed by atoms with Crippen LogP contribution < -0.4 is 5.32 Å². The average Bonchev–Trinajstić information content (AvgIpc) is 2.80. The summed E-state index contributed by atoms with van der Waals surface area (Å²) in [6.07, 6.45) is 7.22. The van der Waals surface area contributed by atoms with Gasteiger partial charge in [-0.25, -0.2) is 9.18 Å². The topological polar surface area (TPSA) is 75.6 Å². The van der Waals surface area contributed by atoms with E-state index in [1.165, 1.54) is 37.8 Å². The molecule has 2 N–H and O–H groups in total. The fraction of sp³-hybridized carbons (Fsp3) is 0.529. The van der Waals surface area contributed by atoms with Gasteiger partial charge >= 0.3 is 5.97 Å². The van der Waals surface area contributed by atoms with Crippen molar-refractivity contribution in [1.29, 1.82) is 0 Å². The van der Waals surface area contributed by atoms with Gasteiger partial charge in [0.1, 0.15) is 5.82 Å². The summed E-state index contributed by atoms with van der Waals surface area (Å²) in [6.45, 7) is 0.695. The Morgan fingerprint density at radius 2 is 1.91 bits per heavy atom. The van der Waals surface area contributed by atoms with Crippen molar-refractivity contribution in [2.45, 2.75) is 44.6 Å². The van der Waals surface area contributed by atoms with Gasteiger partial charge in [0.2, 0.25) is 0 Å². The van der Waals surface area contributed by atoms with Crippen LogP contribution in [-0.2, 0) is 4.74 Å². The minimum Gasteiger partial charge on any atom is -0.478 e. The molecule has 0 atom stereocenters. The monoisotopic (exact) mass is 323 g/mol. The molecule has 0 saturated heterocycles. The molecule has 1 aliphatic rings. The molecule has 1 amide bonds. The molecule has 0 radical (unpaired) electrons. The summed E-state index contributed by atoms with van der Waals surface area (Å²) in [6, 6.07) is 3.24. The highest BCUT2D eigenvalue weighted by molar-refractivity contribution is 5.96. The van der Waals surface area contributed by atoms with Gasteiger partial charge < -0.3 is 15.2 Å². The zero-order chi connectivity index (χ0) is 16.7. The second-order valence-corrected chi connectivity index (χ2v) is 5.74. The molecule has 0 bridgehead atoms. The molecule has 1 aromatic rings. The first-order valence-corrected chi connectivity index (χ1v) is 8.00. The molecule has 126 valence electrons. The Kier molecular flexibility index (Phi) is 6.52. The number of carboxylic acid groups (broad SMARTS) is 1. The Morgan fingerprint density at radius 3 is 2.52 bits per heavy atom. The van der Waals surface area contributed by atoms with Gasteiger partial charge in [0.25, 0.3) is 5.91 Å². The summed E-state index contributed by atoms with van der Waals surface area (Å²) in [5, 5.41) is 11.4. The number of ether oxygens (including phenoxy) is 1. The molecule has 23 heavy (non-hydrogen) atoms. The number of hydrogen-bond donors (Lipinski definition) is 2. The van der Waals surface area contributed by atoms with Crippen LogP contribution >= 0.6 is 0 Å².